The predicted octanol–water partition coefficient (Wildman–Crippen LogP) is 0.581. The molecule has 0 aliphatic carbocycles. The highest BCUT2D eigenvalue weighted by atomic mass is 79.9. The number of aliphatic hydroxyl groups is 1. The molecular formula is C10H13BrN2O3. The lowest BCUT2D eigenvalue weighted by Crippen LogP contribution is -2.40. The molecule has 0 aromatic carbocycles. The zero-order valence-electron chi connectivity index (χ0n) is 8.81. The van der Waals surface area contributed by atoms with Crippen molar-refractivity contribution in [3.63, 3.8) is 0 Å². The van der Waals surface area contributed by atoms with Gasteiger partial charge < -0.3 is 15.2 Å². The molecular weight excluding hydrogens is 276 g/mol. The summed E-state index contributed by atoms with van der Waals surface area (Å²) in [5, 5.41) is 11.6. The third-order valence-corrected chi connectivity index (χ3v) is 2.38. The van der Waals surface area contributed by atoms with Crippen molar-refractivity contribution in [1.82, 2.24) is 10.3 Å². The van der Waals surface area contributed by atoms with Crippen molar-refractivity contribution in [2.24, 2.45) is 0 Å². The molecule has 0 fully saturated rings. The highest BCUT2D eigenvalue weighted by Crippen LogP contribution is 2.06. The fraction of sp³-hybridized carbons (Fsp3) is 0.400. The van der Waals surface area contributed by atoms with E-state index in [9.17, 15) is 4.79 Å². The van der Waals surface area contributed by atoms with Gasteiger partial charge in [-0.3, -0.25) is 4.79 Å². The van der Waals surface area contributed by atoms with Gasteiger partial charge in [0, 0.05) is 13.3 Å². The van der Waals surface area contributed by atoms with Crippen LogP contribution in [0.2, 0.25) is 0 Å². The van der Waals surface area contributed by atoms with Crippen LogP contribution in [0.5, 0.6) is 0 Å². The number of aromatic nitrogens is 1. The topological polar surface area (TPSA) is 71.5 Å². The van der Waals surface area contributed by atoms with Gasteiger partial charge in [-0.05, 0) is 28.1 Å². The summed E-state index contributed by atoms with van der Waals surface area (Å²) in [7, 11) is 1.51. The van der Waals surface area contributed by atoms with Crippen LogP contribution in [0.1, 0.15) is 10.4 Å². The van der Waals surface area contributed by atoms with Gasteiger partial charge in [-0.2, -0.15) is 0 Å². The Labute approximate surface area is 102 Å². The fourth-order valence-electron chi connectivity index (χ4n) is 1.12. The molecule has 0 radical (unpaired) electrons. The van der Waals surface area contributed by atoms with Crippen LogP contribution in [-0.4, -0.2) is 42.4 Å². The Balaban J connectivity index is 2.60. The van der Waals surface area contributed by atoms with Crippen LogP contribution in [0.4, 0.5) is 0 Å². The number of aliphatic hydroxyl groups excluding tert-OH is 1. The van der Waals surface area contributed by atoms with E-state index >= 15 is 0 Å². The van der Waals surface area contributed by atoms with Crippen LogP contribution in [0.3, 0.4) is 0 Å². The molecule has 1 heterocycles. The van der Waals surface area contributed by atoms with E-state index in [0.29, 0.717) is 10.2 Å². The fourth-order valence-corrected chi connectivity index (χ4v) is 1.35. The summed E-state index contributed by atoms with van der Waals surface area (Å²) in [5.74, 6) is -0.281. The molecule has 2 N–H and O–H groups in total. The van der Waals surface area contributed by atoms with Crippen molar-refractivity contribution in [3.8, 4) is 0 Å². The SMILES string of the molecule is COCC(CO)NC(=O)c1ccc(Br)nc1. The largest absolute Gasteiger partial charge is 0.394 e. The van der Waals surface area contributed by atoms with Crippen molar-refractivity contribution in [3.05, 3.63) is 28.5 Å². The molecule has 0 saturated carbocycles. The number of amides is 1. The first-order valence-corrected chi connectivity index (χ1v) is 5.49. The molecule has 1 unspecified atom stereocenters. The second-order valence-corrected chi connectivity index (χ2v) is 3.99. The van der Waals surface area contributed by atoms with E-state index < -0.39 is 6.04 Å². The first-order chi connectivity index (χ1) is 7.67. The second kappa shape index (κ2) is 6.57. The van der Waals surface area contributed by atoms with Crippen LogP contribution in [0.15, 0.2) is 22.9 Å². The summed E-state index contributed by atoms with van der Waals surface area (Å²) in [5.41, 5.74) is 0.442. The monoisotopic (exact) mass is 288 g/mol. The van der Waals surface area contributed by atoms with Gasteiger partial charge in [-0.25, -0.2) is 4.98 Å². The summed E-state index contributed by atoms with van der Waals surface area (Å²) >= 11 is 3.18. The second-order valence-electron chi connectivity index (χ2n) is 3.18. The number of carbonyl (C=O) groups is 1. The molecule has 0 aliphatic rings. The molecule has 0 aliphatic heterocycles. The number of pyridine rings is 1. The highest BCUT2D eigenvalue weighted by molar-refractivity contribution is 9.10. The van der Waals surface area contributed by atoms with Gasteiger partial charge in [-0.15, -0.1) is 0 Å². The number of nitrogens with zero attached hydrogens (tertiary/aromatic N) is 1. The third-order valence-electron chi connectivity index (χ3n) is 1.91. The quantitative estimate of drug-likeness (QED) is 0.778. The van der Waals surface area contributed by atoms with Crippen LogP contribution >= 0.6 is 15.9 Å². The van der Waals surface area contributed by atoms with E-state index in [1.165, 1.54) is 13.3 Å². The lowest BCUT2D eigenvalue weighted by Gasteiger charge is -2.14. The van der Waals surface area contributed by atoms with Crippen molar-refractivity contribution in [1.29, 1.82) is 0 Å². The lowest BCUT2D eigenvalue weighted by atomic mass is 10.2. The van der Waals surface area contributed by atoms with E-state index in [-0.39, 0.29) is 19.1 Å². The van der Waals surface area contributed by atoms with Gasteiger partial charge in [0.25, 0.3) is 5.91 Å². The minimum Gasteiger partial charge on any atom is -0.394 e. The molecule has 1 aromatic heterocycles. The van der Waals surface area contributed by atoms with E-state index in [1.807, 2.05) is 0 Å². The third kappa shape index (κ3) is 3.88. The van der Waals surface area contributed by atoms with Crippen molar-refractivity contribution >= 4 is 21.8 Å². The Morgan fingerprint density at radius 1 is 1.69 bits per heavy atom. The number of hydrogen-bond donors (Lipinski definition) is 2. The smallest absolute Gasteiger partial charge is 0.253 e. The van der Waals surface area contributed by atoms with Gasteiger partial charge in [0.2, 0.25) is 0 Å². The first-order valence-electron chi connectivity index (χ1n) is 4.69. The number of methoxy groups -OCH3 is 1. The molecule has 1 aromatic rings. The number of rotatable bonds is 5. The normalized spacial score (nSPS) is 12.2. The minimum atomic E-state index is -0.402. The molecule has 1 atom stereocenters. The van der Waals surface area contributed by atoms with E-state index in [4.69, 9.17) is 9.84 Å². The summed E-state index contributed by atoms with van der Waals surface area (Å²) in [4.78, 5) is 15.6. The molecule has 6 heteroatoms. The number of nitrogens with one attached hydrogen (secondary N) is 1. The number of hydrogen-bond acceptors (Lipinski definition) is 4. The molecule has 1 rings (SSSR count). The predicted molar refractivity (Wildman–Crippen MR) is 62.2 cm³/mol. The Hall–Kier alpha value is -0.980. The van der Waals surface area contributed by atoms with Crippen LogP contribution < -0.4 is 5.32 Å². The maximum absolute atomic E-state index is 11.7. The maximum Gasteiger partial charge on any atom is 0.253 e. The summed E-state index contributed by atoms with van der Waals surface area (Å²) < 4.78 is 5.52. The lowest BCUT2D eigenvalue weighted by molar-refractivity contribution is 0.0839. The van der Waals surface area contributed by atoms with Gasteiger partial charge in [0.05, 0.1) is 24.8 Å². The van der Waals surface area contributed by atoms with Crippen LogP contribution in [-0.2, 0) is 4.74 Å². The maximum atomic E-state index is 11.7. The van der Waals surface area contributed by atoms with E-state index in [2.05, 4.69) is 26.2 Å². The number of halogens is 1. The molecule has 0 spiro atoms. The van der Waals surface area contributed by atoms with Gasteiger partial charge >= 0.3 is 0 Å². The minimum absolute atomic E-state index is 0.163. The number of carbonyl (C=O) groups excluding carboxylic acids is 1. The van der Waals surface area contributed by atoms with Crippen molar-refractivity contribution in [2.75, 3.05) is 20.3 Å². The Kier molecular flexibility index (Phi) is 5.37. The average molecular weight is 289 g/mol. The van der Waals surface area contributed by atoms with Crippen LogP contribution in [0, 0.1) is 0 Å². The Morgan fingerprint density at radius 2 is 2.44 bits per heavy atom. The Bertz CT molecular complexity index is 342. The highest BCUT2D eigenvalue weighted by Gasteiger charge is 2.12. The van der Waals surface area contributed by atoms with Gasteiger partial charge in [0.1, 0.15) is 4.60 Å². The summed E-state index contributed by atoms with van der Waals surface area (Å²) in [6.07, 6.45) is 1.46. The molecule has 16 heavy (non-hydrogen) atoms. The molecule has 0 saturated heterocycles. The first kappa shape index (κ1) is 13.1. The molecule has 0 bridgehead atoms. The Morgan fingerprint density at radius 3 is 2.94 bits per heavy atom. The zero-order chi connectivity index (χ0) is 12.0. The van der Waals surface area contributed by atoms with Crippen molar-refractivity contribution in [2.45, 2.75) is 6.04 Å². The van der Waals surface area contributed by atoms with E-state index in [1.54, 1.807) is 12.1 Å². The van der Waals surface area contributed by atoms with Crippen LogP contribution in [0.25, 0.3) is 0 Å². The number of ether oxygens (including phenoxy) is 1. The molecule has 5 nitrogen and oxygen atoms in total. The standard InChI is InChI=1S/C10H13BrN2O3/c1-16-6-8(5-14)13-10(15)7-2-3-9(11)12-4-7/h2-4,8,14H,5-6H2,1H3,(H,13,15). The zero-order valence-corrected chi connectivity index (χ0v) is 10.4. The molecule has 1 amide bonds. The van der Waals surface area contributed by atoms with Gasteiger partial charge in [-0.1, -0.05) is 0 Å². The average Bonchev–Trinajstić information content (AvgIpc) is 2.29. The summed E-state index contributed by atoms with van der Waals surface area (Å²) in [6, 6.07) is 2.92. The van der Waals surface area contributed by atoms with E-state index in [0.717, 1.165) is 0 Å². The van der Waals surface area contributed by atoms with Crippen molar-refractivity contribution < 1.29 is 14.6 Å². The van der Waals surface area contributed by atoms with Gasteiger partial charge in [0.15, 0.2) is 0 Å². The molecule has 88 valence electrons. The summed E-state index contributed by atoms with van der Waals surface area (Å²) in [6.45, 7) is 0.107.